The fourth-order valence-corrected chi connectivity index (χ4v) is 4.55. The molecule has 7 nitrogen and oxygen atoms in total. The van der Waals surface area contributed by atoms with Gasteiger partial charge in [-0.25, -0.2) is 8.42 Å². The van der Waals surface area contributed by atoms with Crippen molar-refractivity contribution < 1.29 is 18.0 Å². The predicted molar refractivity (Wildman–Crippen MR) is 134 cm³/mol. The summed E-state index contributed by atoms with van der Waals surface area (Å²) in [6, 6.07) is 18.8. The SMILES string of the molecule is CCCC(=O)Nc1cccc(CNC(=O)c2cc(S(=O)(=O)Nc3ccccc3C)ccc2C)c1. The molecule has 0 saturated heterocycles. The van der Waals surface area contributed by atoms with Gasteiger partial charge in [0.2, 0.25) is 5.91 Å². The van der Waals surface area contributed by atoms with Crippen molar-refractivity contribution in [1.82, 2.24) is 5.32 Å². The third-order valence-electron chi connectivity index (χ3n) is 5.29. The van der Waals surface area contributed by atoms with Crippen LogP contribution in [0.15, 0.2) is 71.6 Å². The third kappa shape index (κ3) is 6.45. The lowest BCUT2D eigenvalue weighted by atomic mass is 10.1. The molecule has 8 heteroatoms. The van der Waals surface area contributed by atoms with E-state index < -0.39 is 10.0 Å². The molecule has 3 rings (SSSR count). The molecule has 0 atom stereocenters. The average molecular weight is 480 g/mol. The van der Waals surface area contributed by atoms with Crippen molar-refractivity contribution in [3.8, 4) is 0 Å². The van der Waals surface area contributed by atoms with E-state index in [0.717, 1.165) is 17.5 Å². The van der Waals surface area contributed by atoms with E-state index in [4.69, 9.17) is 0 Å². The van der Waals surface area contributed by atoms with E-state index in [9.17, 15) is 18.0 Å². The highest BCUT2D eigenvalue weighted by atomic mass is 32.2. The molecule has 178 valence electrons. The first-order chi connectivity index (χ1) is 16.2. The minimum atomic E-state index is -3.87. The highest BCUT2D eigenvalue weighted by Crippen LogP contribution is 2.21. The third-order valence-corrected chi connectivity index (χ3v) is 6.66. The van der Waals surface area contributed by atoms with Gasteiger partial charge >= 0.3 is 0 Å². The van der Waals surface area contributed by atoms with Gasteiger partial charge in [-0.1, -0.05) is 43.3 Å². The maximum absolute atomic E-state index is 12.9. The van der Waals surface area contributed by atoms with Crippen LogP contribution in [0.3, 0.4) is 0 Å². The zero-order chi connectivity index (χ0) is 24.7. The lowest BCUT2D eigenvalue weighted by Crippen LogP contribution is -2.24. The molecule has 0 saturated carbocycles. The fraction of sp³-hybridized carbons (Fsp3) is 0.231. The van der Waals surface area contributed by atoms with E-state index in [2.05, 4.69) is 15.4 Å². The lowest BCUT2D eigenvalue weighted by molar-refractivity contribution is -0.116. The number of aryl methyl sites for hydroxylation is 2. The summed E-state index contributed by atoms with van der Waals surface area (Å²) < 4.78 is 28.4. The second-order valence-corrected chi connectivity index (χ2v) is 9.76. The van der Waals surface area contributed by atoms with Gasteiger partial charge in [-0.15, -0.1) is 0 Å². The van der Waals surface area contributed by atoms with Crippen LogP contribution >= 0.6 is 0 Å². The summed E-state index contributed by atoms with van der Waals surface area (Å²) >= 11 is 0. The Morgan fingerprint density at radius 2 is 1.65 bits per heavy atom. The predicted octanol–water partition coefficient (Wildman–Crippen LogP) is 4.77. The van der Waals surface area contributed by atoms with Gasteiger partial charge in [0.15, 0.2) is 0 Å². The molecule has 0 aromatic heterocycles. The second-order valence-electron chi connectivity index (χ2n) is 8.08. The van der Waals surface area contributed by atoms with Crippen molar-refractivity contribution in [2.75, 3.05) is 10.0 Å². The zero-order valence-electron chi connectivity index (χ0n) is 19.5. The molecular formula is C26H29N3O4S. The summed E-state index contributed by atoms with van der Waals surface area (Å²) in [5, 5.41) is 5.67. The van der Waals surface area contributed by atoms with E-state index in [0.29, 0.717) is 23.4 Å². The summed E-state index contributed by atoms with van der Waals surface area (Å²) in [6.07, 6.45) is 1.20. The van der Waals surface area contributed by atoms with Gasteiger partial charge in [-0.2, -0.15) is 0 Å². The summed E-state index contributed by atoms with van der Waals surface area (Å²) in [6.45, 7) is 5.74. The monoisotopic (exact) mass is 479 g/mol. The number of para-hydroxylation sites is 1. The van der Waals surface area contributed by atoms with Crippen LogP contribution in [0, 0.1) is 13.8 Å². The standard InChI is InChI=1S/C26H29N3O4S/c1-4-8-25(30)28-21-11-7-10-20(15-21)17-27-26(31)23-16-22(14-13-18(23)2)34(32,33)29-24-12-6-5-9-19(24)3/h5-7,9-16,29H,4,8,17H2,1-3H3,(H,27,31)(H,28,30). The van der Waals surface area contributed by atoms with Crippen molar-refractivity contribution in [2.45, 2.75) is 45.1 Å². The van der Waals surface area contributed by atoms with Crippen molar-refractivity contribution in [3.05, 3.63) is 89.0 Å². The van der Waals surface area contributed by atoms with Crippen LogP contribution in [0.25, 0.3) is 0 Å². The molecule has 3 aromatic carbocycles. The van der Waals surface area contributed by atoms with Crippen LogP contribution in [-0.4, -0.2) is 20.2 Å². The van der Waals surface area contributed by atoms with Gasteiger partial charge in [0.25, 0.3) is 15.9 Å². The van der Waals surface area contributed by atoms with Gasteiger partial charge in [0.1, 0.15) is 0 Å². The summed E-state index contributed by atoms with van der Waals surface area (Å²) in [5.41, 5.74) is 3.69. The second kappa shape index (κ2) is 11.0. The molecule has 0 aliphatic heterocycles. The van der Waals surface area contributed by atoms with Crippen LogP contribution in [0.4, 0.5) is 11.4 Å². The normalized spacial score (nSPS) is 11.0. The molecular weight excluding hydrogens is 450 g/mol. The maximum atomic E-state index is 12.9. The van der Waals surface area contributed by atoms with Gasteiger partial charge in [-0.05, 0) is 67.3 Å². The van der Waals surface area contributed by atoms with Gasteiger partial charge in [-0.3, -0.25) is 14.3 Å². The number of rotatable bonds is 9. The Bertz CT molecular complexity index is 1300. The van der Waals surface area contributed by atoms with Crippen molar-refractivity contribution in [1.29, 1.82) is 0 Å². The van der Waals surface area contributed by atoms with Crippen LogP contribution in [0.2, 0.25) is 0 Å². The Hall–Kier alpha value is -3.65. The van der Waals surface area contributed by atoms with Crippen LogP contribution in [0.5, 0.6) is 0 Å². The molecule has 0 spiro atoms. The molecule has 0 radical (unpaired) electrons. The number of hydrogen-bond donors (Lipinski definition) is 3. The summed E-state index contributed by atoms with van der Waals surface area (Å²) in [5.74, 6) is -0.442. The number of carbonyl (C=O) groups is 2. The van der Waals surface area contributed by atoms with Gasteiger partial charge in [0, 0.05) is 24.2 Å². The number of amides is 2. The molecule has 0 aliphatic carbocycles. The zero-order valence-corrected chi connectivity index (χ0v) is 20.3. The molecule has 3 aromatic rings. The summed E-state index contributed by atoms with van der Waals surface area (Å²) in [7, 11) is -3.87. The number of sulfonamides is 1. The lowest BCUT2D eigenvalue weighted by Gasteiger charge is -2.13. The number of benzene rings is 3. The molecule has 0 aliphatic rings. The van der Waals surface area contributed by atoms with Crippen LogP contribution < -0.4 is 15.4 Å². The molecule has 0 bridgehead atoms. The largest absolute Gasteiger partial charge is 0.348 e. The van der Waals surface area contributed by atoms with Crippen LogP contribution in [0.1, 0.15) is 46.8 Å². The van der Waals surface area contributed by atoms with Crippen LogP contribution in [-0.2, 0) is 21.4 Å². The topological polar surface area (TPSA) is 104 Å². The Kier molecular flexibility index (Phi) is 8.07. The molecule has 34 heavy (non-hydrogen) atoms. The molecule has 0 fully saturated rings. The van der Waals surface area contributed by atoms with E-state index in [1.54, 1.807) is 43.3 Å². The number of hydrogen-bond acceptors (Lipinski definition) is 4. The minimum absolute atomic E-state index is 0.00661. The molecule has 2 amide bonds. The highest BCUT2D eigenvalue weighted by Gasteiger charge is 2.19. The van der Waals surface area contributed by atoms with E-state index >= 15 is 0 Å². The Morgan fingerprint density at radius 1 is 0.882 bits per heavy atom. The van der Waals surface area contributed by atoms with Crippen molar-refractivity contribution in [3.63, 3.8) is 0 Å². The first-order valence-electron chi connectivity index (χ1n) is 11.1. The van der Waals surface area contributed by atoms with Gasteiger partial charge < -0.3 is 10.6 Å². The molecule has 0 heterocycles. The number of anilines is 2. The Balaban J connectivity index is 1.73. The minimum Gasteiger partial charge on any atom is -0.348 e. The Labute approximate surface area is 200 Å². The first-order valence-corrected chi connectivity index (χ1v) is 12.5. The Morgan fingerprint density at radius 3 is 2.38 bits per heavy atom. The van der Waals surface area contributed by atoms with E-state index in [1.807, 2.05) is 32.0 Å². The number of nitrogens with one attached hydrogen (secondary N) is 3. The number of carbonyl (C=O) groups excluding carboxylic acids is 2. The maximum Gasteiger partial charge on any atom is 0.261 e. The quantitative estimate of drug-likeness (QED) is 0.411. The van der Waals surface area contributed by atoms with Gasteiger partial charge in [0.05, 0.1) is 10.6 Å². The molecule has 3 N–H and O–H groups in total. The summed E-state index contributed by atoms with van der Waals surface area (Å²) in [4.78, 5) is 24.7. The first kappa shape index (κ1) is 25.0. The highest BCUT2D eigenvalue weighted by molar-refractivity contribution is 7.92. The van der Waals surface area contributed by atoms with Crippen molar-refractivity contribution >= 4 is 33.2 Å². The molecule has 0 unspecified atom stereocenters. The average Bonchev–Trinajstić information content (AvgIpc) is 2.79. The van der Waals surface area contributed by atoms with E-state index in [-0.39, 0.29) is 28.8 Å². The van der Waals surface area contributed by atoms with Crippen molar-refractivity contribution in [2.24, 2.45) is 0 Å². The van der Waals surface area contributed by atoms with E-state index in [1.165, 1.54) is 12.1 Å². The smallest absolute Gasteiger partial charge is 0.261 e. The fourth-order valence-electron chi connectivity index (χ4n) is 3.39.